The molecule has 1 N–H and O–H groups in total. The minimum atomic E-state index is -0.248. The molecule has 0 aliphatic carbocycles. The second-order valence-corrected chi connectivity index (χ2v) is 8.89. The van der Waals surface area contributed by atoms with Gasteiger partial charge >= 0.3 is 0 Å². The maximum atomic E-state index is 10.6. The molecule has 1 atom stereocenters. The summed E-state index contributed by atoms with van der Waals surface area (Å²) >= 11 is 0. The number of aliphatic hydroxyl groups excluding tert-OH is 1. The van der Waals surface area contributed by atoms with E-state index >= 15 is 0 Å². The number of β-amino-alcohol motifs (C(OH)–C–C–N with tert-alkyl or cyclic N) is 1. The second-order valence-electron chi connectivity index (χ2n) is 8.89. The number of rotatable bonds is 3. The van der Waals surface area contributed by atoms with E-state index in [9.17, 15) is 5.11 Å². The van der Waals surface area contributed by atoms with Crippen LogP contribution in [0.2, 0.25) is 0 Å². The third kappa shape index (κ3) is 3.74. The summed E-state index contributed by atoms with van der Waals surface area (Å²) in [7, 11) is 1.95. The summed E-state index contributed by atoms with van der Waals surface area (Å²) in [4.78, 5) is 9.55. The molecule has 1 unspecified atom stereocenters. The maximum absolute atomic E-state index is 10.6. The third-order valence-electron chi connectivity index (χ3n) is 6.64. The van der Waals surface area contributed by atoms with E-state index in [-0.39, 0.29) is 11.5 Å². The van der Waals surface area contributed by atoms with Gasteiger partial charge in [-0.25, -0.2) is 4.98 Å². The van der Waals surface area contributed by atoms with Crippen LogP contribution in [0.3, 0.4) is 0 Å². The van der Waals surface area contributed by atoms with Crippen LogP contribution in [0.1, 0.15) is 24.8 Å². The van der Waals surface area contributed by atoms with Gasteiger partial charge in [0.05, 0.1) is 12.3 Å². The summed E-state index contributed by atoms with van der Waals surface area (Å²) < 4.78 is 1.85. The first-order valence-corrected chi connectivity index (χ1v) is 10.6. The van der Waals surface area contributed by atoms with Crippen LogP contribution in [0, 0.1) is 5.41 Å². The van der Waals surface area contributed by atoms with Crippen molar-refractivity contribution in [3.05, 3.63) is 54.5 Å². The first kappa shape index (κ1) is 18.6. The fourth-order valence-corrected chi connectivity index (χ4v) is 5.31. The molecule has 6 nitrogen and oxygen atoms in total. The normalized spacial score (nSPS) is 22.4. The minimum absolute atomic E-state index is 0.195. The van der Waals surface area contributed by atoms with Gasteiger partial charge < -0.3 is 10.0 Å². The van der Waals surface area contributed by atoms with E-state index in [1.54, 1.807) is 0 Å². The van der Waals surface area contributed by atoms with E-state index in [2.05, 4.69) is 51.4 Å². The van der Waals surface area contributed by atoms with Crippen molar-refractivity contribution >= 4 is 16.6 Å². The smallest absolute Gasteiger partial charge is 0.136 e. The van der Waals surface area contributed by atoms with Gasteiger partial charge in [-0.2, -0.15) is 5.10 Å². The number of anilines is 1. The van der Waals surface area contributed by atoms with Crippen molar-refractivity contribution in [1.29, 1.82) is 0 Å². The Morgan fingerprint density at radius 2 is 2.00 bits per heavy atom. The summed E-state index contributed by atoms with van der Waals surface area (Å²) in [5, 5.41) is 17.4. The molecule has 0 radical (unpaired) electrons. The Morgan fingerprint density at radius 1 is 1.17 bits per heavy atom. The van der Waals surface area contributed by atoms with Crippen molar-refractivity contribution in [3.63, 3.8) is 0 Å². The molecule has 2 aliphatic rings. The molecule has 29 heavy (non-hydrogen) atoms. The predicted octanol–water partition coefficient (Wildman–Crippen LogP) is 2.82. The Balaban J connectivity index is 1.30. The highest BCUT2D eigenvalue weighted by Crippen LogP contribution is 2.41. The molecular formula is C23H29N5O. The van der Waals surface area contributed by atoms with E-state index in [0.717, 1.165) is 57.8 Å². The zero-order valence-corrected chi connectivity index (χ0v) is 17.0. The van der Waals surface area contributed by atoms with Gasteiger partial charge in [0.15, 0.2) is 0 Å². The summed E-state index contributed by atoms with van der Waals surface area (Å²) in [6.07, 6.45) is 8.78. The van der Waals surface area contributed by atoms with Gasteiger partial charge in [-0.05, 0) is 36.1 Å². The van der Waals surface area contributed by atoms with Gasteiger partial charge in [0.1, 0.15) is 5.82 Å². The molecule has 6 heteroatoms. The molecule has 0 bridgehead atoms. The lowest BCUT2D eigenvalue weighted by Crippen LogP contribution is -2.53. The van der Waals surface area contributed by atoms with Crippen LogP contribution in [-0.2, 0) is 13.6 Å². The fraction of sp³-hybridized carbons (Fsp3) is 0.478. The number of aromatic nitrogens is 3. The summed E-state index contributed by atoms with van der Waals surface area (Å²) in [5.74, 6) is 1.10. The maximum Gasteiger partial charge on any atom is 0.136 e. The lowest BCUT2D eigenvalue weighted by molar-refractivity contribution is -0.0251. The largest absolute Gasteiger partial charge is 0.392 e. The van der Waals surface area contributed by atoms with Crippen molar-refractivity contribution in [2.24, 2.45) is 12.5 Å². The first-order chi connectivity index (χ1) is 14.1. The Kier molecular flexibility index (Phi) is 4.76. The lowest BCUT2D eigenvalue weighted by atomic mass is 9.71. The Hall–Kier alpha value is -2.44. The molecule has 2 saturated heterocycles. The molecule has 5 rings (SSSR count). The highest BCUT2D eigenvalue weighted by Gasteiger charge is 2.41. The number of aryl methyl sites for hydroxylation is 1. The standard InChI is InChI=1S/C23H29N5O/c1-26-14-18(13-25-26)15-27-16-20(29)12-23(17-27)7-10-28(11-8-23)22-21-5-3-2-4-19(21)6-9-24-22/h2-6,9,13-14,20,29H,7-8,10-12,15-17H2,1H3. The number of piperidine rings is 2. The average molecular weight is 392 g/mol. The monoisotopic (exact) mass is 391 g/mol. The number of hydrogen-bond acceptors (Lipinski definition) is 5. The van der Waals surface area contributed by atoms with Crippen LogP contribution < -0.4 is 4.90 Å². The van der Waals surface area contributed by atoms with Gasteiger partial charge in [-0.1, -0.05) is 24.3 Å². The fourth-order valence-electron chi connectivity index (χ4n) is 5.31. The van der Waals surface area contributed by atoms with E-state index < -0.39 is 0 Å². The quantitative estimate of drug-likeness (QED) is 0.744. The molecule has 1 spiro atoms. The molecule has 0 amide bonds. The molecule has 2 aromatic heterocycles. The van der Waals surface area contributed by atoms with Gasteiger partial charge in [0.25, 0.3) is 0 Å². The Morgan fingerprint density at radius 3 is 2.79 bits per heavy atom. The summed E-state index contributed by atoms with van der Waals surface area (Å²) in [5.41, 5.74) is 1.41. The molecule has 0 saturated carbocycles. The predicted molar refractivity (Wildman–Crippen MR) is 115 cm³/mol. The zero-order valence-electron chi connectivity index (χ0n) is 17.0. The molecule has 2 fully saturated rings. The highest BCUT2D eigenvalue weighted by molar-refractivity contribution is 5.92. The van der Waals surface area contributed by atoms with Crippen LogP contribution in [0.5, 0.6) is 0 Å². The van der Waals surface area contributed by atoms with E-state index in [0.29, 0.717) is 0 Å². The third-order valence-corrected chi connectivity index (χ3v) is 6.64. The molecule has 2 aliphatic heterocycles. The van der Waals surface area contributed by atoms with Gasteiger partial charge in [-0.3, -0.25) is 9.58 Å². The number of nitrogens with zero attached hydrogens (tertiary/aromatic N) is 5. The lowest BCUT2D eigenvalue weighted by Gasteiger charge is -2.49. The topological polar surface area (TPSA) is 57.4 Å². The SMILES string of the molecule is Cn1cc(CN2CC(O)CC3(CCN(c4nccc5ccccc45)CC3)C2)cn1. The molecular weight excluding hydrogens is 362 g/mol. The van der Waals surface area contributed by atoms with Gasteiger partial charge in [0.2, 0.25) is 0 Å². The number of likely N-dealkylation sites (tertiary alicyclic amines) is 1. The van der Waals surface area contributed by atoms with Crippen molar-refractivity contribution < 1.29 is 5.11 Å². The first-order valence-electron chi connectivity index (χ1n) is 10.6. The van der Waals surface area contributed by atoms with Crippen LogP contribution >= 0.6 is 0 Å². The Labute approximate surface area is 171 Å². The van der Waals surface area contributed by atoms with Crippen LogP contribution in [0.4, 0.5) is 5.82 Å². The zero-order chi connectivity index (χ0) is 19.8. The van der Waals surface area contributed by atoms with E-state index in [4.69, 9.17) is 4.98 Å². The molecule has 1 aromatic carbocycles. The number of hydrogen-bond donors (Lipinski definition) is 1. The van der Waals surface area contributed by atoms with Crippen LogP contribution in [0.25, 0.3) is 10.8 Å². The van der Waals surface area contributed by atoms with Crippen molar-refractivity contribution in [3.8, 4) is 0 Å². The summed E-state index contributed by atoms with van der Waals surface area (Å²) in [6, 6.07) is 10.6. The van der Waals surface area contributed by atoms with Gasteiger partial charge in [-0.15, -0.1) is 0 Å². The molecule has 3 aromatic rings. The highest BCUT2D eigenvalue weighted by atomic mass is 16.3. The van der Waals surface area contributed by atoms with Crippen molar-refractivity contribution in [2.45, 2.75) is 31.9 Å². The molecule has 152 valence electrons. The number of aliphatic hydroxyl groups is 1. The minimum Gasteiger partial charge on any atom is -0.392 e. The second kappa shape index (κ2) is 7.43. The Bertz CT molecular complexity index is 986. The summed E-state index contributed by atoms with van der Waals surface area (Å²) in [6.45, 7) is 4.66. The number of pyridine rings is 1. The molecule has 4 heterocycles. The average Bonchev–Trinajstić information content (AvgIpc) is 3.12. The van der Waals surface area contributed by atoms with Gasteiger partial charge in [0, 0.05) is 63.1 Å². The number of benzene rings is 1. The van der Waals surface area contributed by atoms with Crippen molar-refractivity contribution in [2.75, 3.05) is 31.1 Å². The number of fused-ring (bicyclic) bond motifs is 1. The van der Waals surface area contributed by atoms with Crippen LogP contribution in [0.15, 0.2) is 48.9 Å². The van der Waals surface area contributed by atoms with E-state index in [1.165, 1.54) is 16.3 Å². The van der Waals surface area contributed by atoms with Crippen molar-refractivity contribution in [1.82, 2.24) is 19.7 Å². The van der Waals surface area contributed by atoms with Crippen LogP contribution in [-0.4, -0.2) is 57.1 Å². The van der Waals surface area contributed by atoms with E-state index in [1.807, 2.05) is 24.1 Å².